The van der Waals surface area contributed by atoms with Crippen LogP contribution in [0.3, 0.4) is 0 Å². The lowest BCUT2D eigenvalue weighted by Gasteiger charge is -2.17. The smallest absolute Gasteiger partial charge is 0.253 e. The summed E-state index contributed by atoms with van der Waals surface area (Å²) in [5.41, 5.74) is 7.44. The zero-order valence-corrected chi connectivity index (χ0v) is 10.6. The second-order valence-corrected chi connectivity index (χ2v) is 5.57. The summed E-state index contributed by atoms with van der Waals surface area (Å²) in [5, 5.41) is 0. The van der Waals surface area contributed by atoms with Crippen LogP contribution in [0, 0.1) is 11.8 Å². The minimum absolute atomic E-state index is 0.180. The number of carbonyl (C=O) groups is 1. The van der Waals surface area contributed by atoms with Gasteiger partial charge in [0, 0.05) is 25.2 Å². The number of rotatable bonds is 2. The average Bonchev–Trinajstić information content (AvgIpc) is 2.98. The summed E-state index contributed by atoms with van der Waals surface area (Å²) in [5.74, 6) is 1.69. The van der Waals surface area contributed by atoms with Crippen molar-refractivity contribution in [2.75, 3.05) is 13.1 Å². The molecular formula is C15H20N2O. The van der Waals surface area contributed by atoms with Gasteiger partial charge in [0.05, 0.1) is 0 Å². The monoisotopic (exact) mass is 244 g/mol. The Morgan fingerprint density at radius 1 is 1.28 bits per heavy atom. The van der Waals surface area contributed by atoms with Crippen LogP contribution in [0.15, 0.2) is 24.3 Å². The van der Waals surface area contributed by atoms with E-state index in [-0.39, 0.29) is 5.91 Å². The van der Waals surface area contributed by atoms with Crippen molar-refractivity contribution in [3.8, 4) is 0 Å². The van der Waals surface area contributed by atoms with Crippen LogP contribution >= 0.6 is 0 Å². The molecule has 1 saturated carbocycles. The minimum Gasteiger partial charge on any atom is -0.338 e. The van der Waals surface area contributed by atoms with Crippen LogP contribution in [0.1, 0.15) is 35.2 Å². The van der Waals surface area contributed by atoms with Crippen molar-refractivity contribution in [3.63, 3.8) is 0 Å². The van der Waals surface area contributed by atoms with E-state index in [2.05, 4.69) is 0 Å². The first-order valence-electron chi connectivity index (χ1n) is 6.86. The molecular weight excluding hydrogens is 224 g/mol. The van der Waals surface area contributed by atoms with Crippen molar-refractivity contribution < 1.29 is 4.79 Å². The molecule has 3 heteroatoms. The number of fused-ring (bicyclic) bond motifs is 1. The molecule has 3 rings (SSSR count). The number of nitrogens with two attached hydrogens (primary N) is 1. The molecule has 1 aromatic carbocycles. The lowest BCUT2D eigenvalue weighted by atomic mass is 10.0. The maximum atomic E-state index is 12.4. The molecule has 0 radical (unpaired) electrons. The number of hydrogen-bond acceptors (Lipinski definition) is 2. The molecule has 2 atom stereocenters. The zero-order valence-electron chi connectivity index (χ0n) is 10.6. The van der Waals surface area contributed by atoms with E-state index in [4.69, 9.17) is 5.73 Å². The van der Waals surface area contributed by atoms with Gasteiger partial charge in [-0.25, -0.2) is 0 Å². The number of nitrogens with zero attached hydrogens (tertiary/aromatic N) is 1. The van der Waals surface area contributed by atoms with Gasteiger partial charge in [0.1, 0.15) is 0 Å². The molecule has 2 unspecified atom stereocenters. The SMILES string of the molecule is NCc1cccc(C(=O)N2CC3CCCC3C2)c1. The molecule has 18 heavy (non-hydrogen) atoms. The molecule has 0 aromatic heterocycles. The van der Waals surface area contributed by atoms with Gasteiger partial charge in [-0.3, -0.25) is 4.79 Å². The lowest BCUT2D eigenvalue weighted by molar-refractivity contribution is 0.0780. The van der Waals surface area contributed by atoms with Crippen LogP contribution < -0.4 is 5.73 Å². The summed E-state index contributed by atoms with van der Waals surface area (Å²) >= 11 is 0. The largest absolute Gasteiger partial charge is 0.338 e. The lowest BCUT2D eigenvalue weighted by Crippen LogP contribution is -2.29. The van der Waals surface area contributed by atoms with Crippen molar-refractivity contribution in [3.05, 3.63) is 35.4 Å². The van der Waals surface area contributed by atoms with E-state index in [1.807, 2.05) is 29.2 Å². The Bertz CT molecular complexity index is 446. The first-order chi connectivity index (χ1) is 8.78. The van der Waals surface area contributed by atoms with Crippen LogP contribution in [0.25, 0.3) is 0 Å². The van der Waals surface area contributed by atoms with E-state index < -0.39 is 0 Å². The predicted octanol–water partition coefficient (Wildman–Crippen LogP) is 2.02. The van der Waals surface area contributed by atoms with Crippen molar-refractivity contribution in [1.29, 1.82) is 0 Å². The second kappa shape index (κ2) is 4.73. The van der Waals surface area contributed by atoms with Crippen LogP contribution in [0.2, 0.25) is 0 Å². The maximum absolute atomic E-state index is 12.4. The van der Waals surface area contributed by atoms with E-state index in [0.717, 1.165) is 36.1 Å². The van der Waals surface area contributed by atoms with Crippen LogP contribution in [0.4, 0.5) is 0 Å². The predicted molar refractivity (Wildman–Crippen MR) is 71.1 cm³/mol. The second-order valence-electron chi connectivity index (χ2n) is 5.57. The molecule has 2 fully saturated rings. The topological polar surface area (TPSA) is 46.3 Å². The number of carbonyl (C=O) groups excluding carboxylic acids is 1. The van der Waals surface area contributed by atoms with Gasteiger partial charge in [-0.05, 0) is 42.4 Å². The Hall–Kier alpha value is -1.35. The Balaban J connectivity index is 1.74. The third-order valence-corrected chi connectivity index (χ3v) is 4.42. The van der Waals surface area contributed by atoms with Crippen molar-refractivity contribution in [1.82, 2.24) is 4.90 Å². The Kier molecular flexibility index (Phi) is 3.08. The number of likely N-dealkylation sites (tertiary alicyclic amines) is 1. The number of amides is 1. The van der Waals surface area contributed by atoms with E-state index in [1.165, 1.54) is 19.3 Å². The summed E-state index contributed by atoms with van der Waals surface area (Å²) in [4.78, 5) is 14.5. The van der Waals surface area contributed by atoms with Crippen LogP contribution in [-0.4, -0.2) is 23.9 Å². The van der Waals surface area contributed by atoms with E-state index in [0.29, 0.717) is 6.54 Å². The van der Waals surface area contributed by atoms with Gasteiger partial charge in [-0.15, -0.1) is 0 Å². The van der Waals surface area contributed by atoms with Crippen molar-refractivity contribution >= 4 is 5.91 Å². The molecule has 1 saturated heterocycles. The molecule has 0 bridgehead atoms. The molecule has 2 N–H and O–H groups in total. The summed E-state index contributed by atoms with van der Waals surface area (Å²) in [6.45, 7) is 2.40. The number of benzene rings is 1. The third kappa shape index (κ3) is 2.03. The fraction of sp³-hybridized carbons (Fsp3) is 0.533. The summed E-state index contributed by atoms with van der Waals surface area (Å²) in [6.07, 6.45) is 3.95. The third-order valence-electron chi connectivity index (χ3n) is 4.42. The molecule has 2 aliphatic rings. The van der Waals surface area contributed by atoms with Crippen molar-refractivity contribution in [2.24, 2.45) is 17.6 Å². The fourth-order valence-corrected chi connectivity index (χ4v) is 3.41. The number of hydrogen-bond donors (Lipinski definition) is 1. The van der Waals surface area contributed by atoms with E-state index in [1.54, 1.807) is 0 Å². The van der Waals surface area contributed by atoms with Gasteiger partial charge in [0.2, 0.25) is 0 Å². The molecule has 1 aromatic rings. The molecule has 96 valence electrons. The molecule has 1 amide bonds. The quantitative estimate of drug-likeness (QED) is 0.865. The summed E-state index contributed by atoms with van der Waals surface area (Å²) in [7, 11) is 0. The van der Waals surface area contributed by atoms with Gasteiger partial charge in [0.25, 0.3) is 5.91 Å². The highest BCUT2D eigenvalue weighted by molar-refractivity contribution is 5.94. The molecule has 1 aliphatic heterocycles. The normalized spacial score (nSPS) is 26.4. The summed E-state index contributed by atoms with van der Waals surface area (Å²) < 4.78 is 0. The van der Waals surface area contributed by atoms with Gasteiger partial charge < -0.3 is 10.6 Å². The fourth-order valence-electron chi connectivity index (χ4n) is 3.41. The maximum Gasteiger partial charge on any atom is 0.253 e. The zero-order chi connectivity index (χ0) is 12.5. The van der Waals surface area contributed by atoms with Gasteiger partial charge in [-0.2, -0.15) is 0 Å². The highest BCUT2D eigenvalue weighted by Gasteiger charge is 2.38. The Labute approximate surface area is 108 Å². The first-order valence-corrected chi connectivity index (χ1v) is 6.86. The standard InChI is InChI=1S/C15H20N2O/c16-8-11-3-1-4-12(7-11)15(18)17-9-13-5-2-6-14(13)10-17/h1,3-4,7,13-14H,2,5-6,8-10,16H2. The highest BCUT2D eigenvalue weighted by Crippen LogP contribution is 2.38. The van der Waals surface area contributed by atoms with Crippen LogP contribution in [-0.2, 0) is 6.54 Å². The van der Waals surface area contributed by atoms with Crippen LogP contribution in [0.5, 0.6) is 0 Å². The van der Waals surface area contributed by atoms with Gasteiger partial charge >= 0.3 is 0 Å². The Morgan fingerprint density at radius 3 is 2.67 bits per heavy atom. The Morgan fingerprint density at radius 2 is 2.00 bits per heavy atom. The summed E-state index contributed by atoms with van der Waals surface area (Å²) in [6, 6.07) is 7.72. The average molecular weight is 244 g/mol. The first kappa shape index (κ1) is 11.7. The van der Waals surface area contributed by atoms with Gasteiger partial charge in [0.15, 0.2) is 0 Å². The van der Waals surface area contributed by atoms with Crippen molar-refractivity contribution in [2.45, 2.75) is 25.8 Å². The molecule has 1 aliphatic carbocycles. The highest BCUT2D eigenvalue weighted by atomic mass is 16.2. The molecule has 3 nitrogen and oxygen atoms in total. The van der Waals surface area contributed by atoms with E-state index in [9.17, 15) is 4.79 Å². The van der Waals surface area contributed by atoms with Gasteiger partial charge in [-0.1, -0.05) is 18.6 Å². The van der Waals surface area contributed by atoms with E-state index >= 15 is 0 Å². The molecule has 1 heterocycles. The molecule has 0 spiro atoms. The minimum atomic E-state index is 0.180.